The van der Waals surface area contributed by atoms with Crippen molar-refractivity contribution in [3.05, 3.63) is 0 Å². The van der Waals surface area contributed by atoms with Crippen LogP contribution in [0.1, 0.15) is 13.8 Å². The summed E-state index contributed by atoms with van der Waals surface area (Å²) in [5, 5.41) is 23.1. The van der Waals surface area contributed by atoms with E-state index in [9.17, 15) is 24.6 Å². The third kappa shape index (κ3) is 1.07. The van der Waals surface area contributed by atoms with E-state index in [1.54, 1.807) is 13.8 Å². The van der Waals surface area contributed by atoms with E-state index >= 15 is 0 Å². The molecule has 1 saturated heterocycles. The molecular formula is C8H9NO5-2. The monoisotopic (exact) mass is 199 g/mol. The molecule has 0 aromatic carbocycles. The van der Waals surface area contributed by atoms with Crippen LogP contribution in [0.4, 0.5) is 0 Å². The second-order valence-electron chi connectivity index (χ2n) is 3.59. The number of carbonyl (C=O) groups excluding carboxylic acids is 3. The lowest BCUT2D eigenvalue weighted by molar-refractivity contribution is -0.342. The SMILES string of the molecule is CC(C)C1C(=O)NC1(C(=O)[O-])C(=O)[O-]. The summed E-state index contributed by atoms with van der Waals surface area (Å²) >= 11 is 0. The van der Waals surface area contributed by atoms with Crippen LogP contribution in [0.3, 0.4) is 0 Å². The molecule has 1 rings (SSSR count). The number of hydrogen-bond acceptors (Lipinski definition) is 5. The van der Waals surface area contributed by atoms with Gasteiger partial charge in [-0.25, -0.2) is 0 Å². The van der Waals surface area contributed by atoms with Gasteiger partial charge >= 0.3 is 0 Å². The van der Waals surface area contributed by atoms with Gasteiger partial charge in [-0.15, -0.1) is 0 Å². The first-order valence-electron chi connectivity index (χ1n) is 4.09. The standard InChI is InChI=1S/C8H11NO5/c1-3(2)4-5(10)9-8(4,6(11)12)7(13)14/h3-4H,1-2H3,(H,9,10)(H,11,12)(H,13,14)/p-2. The summed E-state index contributed by atoms with van der Waals surface area (Å²) < 4.78 is 0. The number of carboxylic acids is 2. The van der Waals surface area contributed by atoms with Crippen molar-refractivity contribution in [3.63, 3.8) is 0 Å². The van der Waals surface area contributed by atoms with Crippen LogP contribution < -0.4 is 15.5 Å². The van der Waals surface area contributed by atoms with Gasteiger partial charge in [0.05, 0.1) is 17.9 Å². The first-order chi connectivity index (χ1) is 6.34. The Morgan fingerprint density at radius 1 is 1.36 bits per heavy atom. The van der Waals surface area contributed by atoms with Crippen LogP contribution in [0.5, 0.6) is 0 Å². The van der Waals surface area contributed by atoms with Gasteiger partial charge in [-0.3, -0.25) is 4.79 Å². The lowest BCUT2D eigenvalue weighted by Crippen LogP contribution is -2.83. The van der Waals surface area contributed by atoms with Crippen molar-refractivity contribution in [2.75, 3.05) is 0 Å². The summed E-state index contributed by atoms with van der Waals surface area (Å²) in [6.45, 7) is 3.12. The average molecular weight is 199 g/mol. The van der Waals surface area contributed by atoms with Gasteiger partial charge in [0.1, 0.15) is 5.54 Å². The number of amides is 1. The number of hydrogen-bond donors (Lipinski definition) is 1. The van der Waals surface area contributed by atoms with E-state index < -0.39 is 35.2 Å². The zero-order valence-corrected chi connectivity index (χ0v) is 7.70. The van der Waals surface area contributed by atoms with Crippen LogP contribution in [0, 0.1) is 11.8 Å². The molecule has 6 heteroatoms. The molecule has 1 heterocycles. The largest absolute Gasteiger partial charge is 0.547 e. The van der Waals surface area contributed by atoms with E-state index in [2.05, 4.69) is 0 Å². The van der Waals surface area contributed by atoms with Crippen LogP contribution in [0.15, 0.2) is 0 Å². The van der Waals surface area contributed by atoms with Crippen molar-refractivity contribution >= 4 is 17.8 Å². The molecule has 0 aliphatic carbocycles. The molecule has 1 aliphatic rings. The molecular weight excluding hydrogens is 190 g/mol. The highest BCUT2D eigenvalue weighted by atomic mass is 16.4. The van der Waals surface area contributed by atoms with E-state index in [1.807, 2.05) is 5.32 Å². The highest BCUT2D eigenvalue weighted by Gasteiger charge is 2.57. The lowest BCUT2D eigenvalue weighted by atomic mass is 9.69. The van der Waals surface area contributed by atoms with Crippen LogP contribution >= 0.6 is 0 Å². The third-order valence-corrected chi connectivity index (χ3v) is 2.38. The second kappa shape index (κ2) is 2.97. The fourth-order valence-electron chi connectivity index (χ4n) is 1.71. The maximum atomic E-state index is 11.0. The Bertz CT molecular complexity index is 295. The average Bonchev–Trinajstić information content (AvgIpc) is 1.96. The van der Waals surface area contributed by atoms with Gasteiger partial charge < -0.3 is 25.1 Å². The van der Waals surface area contributed by atoms with Gasteiger partial charge in [0.15, 0.2) is 0 Å². The van der Waals surface area contributed by atoms with Crippen LogP contribution in [-0.4, -0.2) is 23.4 Å². The van der Waals surface area contributed by atoms with Crippen molar-refractivity contribution in [2.45, 2.75) is 19.4 Å². The second-order valence-corrected chi connectivity index (χ2v) is 3.59. The minimum Gasteiger partial charge on any atom is -0.547 e. The topological polar surface area (TPSA) is 109 Å². The molecule has 1 N–H and O–H groups in total. The molecule has 78 valence electrons. The lowest BCUT2D eigenvalue weighted by Gasteiger charge is -2.52. The van der Waals surface area contributed by atoms with Crippen LogP contribution in [0.25, 0.3) is 0 Å². The minimum atomic E-state index is -2.36. The number of β-lactam (4-membered cyclic amide) rings is 1. The fourth-order valence-corrected chi connectivity index (χ4v) is 1.71. The van der Waals surface area contributed by atoms with Gasteiger partial charge in [-0.05, 0) is 5.92 Å². The smallest absolute Gasteiger partial charge is 0.227 e. The summed E-state index contributed by atoms with van der Waals surface area (Å²) in [6, 6.07) is 0. The van der Waals surface area contributed by atoms with Crippen LogP contribution in [0.2, 0.25) is 0 Å². The summed E-state index contributed by atoms with van der Waals surface area (Å²) in [5.41, 5.74) is -2.36. The Labute approximate surface area is 79.9 Å². The minimum absolute atomic E-state index is 0.403. The Morgan fingerprint density at radius 2 is 1.79 bits per heavy atom. The first-order valence-corrected chi connectivity index (χ1v) is 4.09. The highest BCUT2D eigenvalue weighted by molar-refractivity contribution is 6.14. The van der Waals surface area contributed by atoms with E-state index in [1.165, 1.54) is 0 Å². The highest BCUT2D eigenvalue weighted by Crippen LogP contribution is 2.33. The van der Waals surface area contributed by atoms with Crippen molar-refractivity contribution in [2.24, 2.45) is 11.8 Å². The molecule has 0 aromatic heterocycles. The predicted molar refractivity (Wildman–Crippen MR) is 39.2 cm³/mol. The van der Waals surface area contributed by atoms with E-state index in [4.69, 9.17) is 0 Å². The number of nitrogens with one attached hydrogen (secondary N) is 1. The van der Waals surface area contributed by atoms with Gasteiger partial charge in [-0.2, -0.15) is 0 Å². The third-order valence-electron chi connectivity index (χ3n) is 2.38. The molecule has 0 bridgehead atoms. The zero-order chi connectivity index (χ0) is 11.1. The Balaban J connectivity index is 3.09. The van der Waals surface area contributed by atoms with Crippen molar-refractivity contribution in [1.29, 1.82) is 0 Å². The maximum absolute atomic E-state index is 11.0. The molecule has 0 radical (unpaired) electrons. The predicted octanol–water partition coefficient (Wildman–Crippen LogP) is -3.37. The summed E-state index contributed by atoms with van der Waals surface area (Å²) in [4.78, 5) is 32.3. The Kier molecular flexibility index (Phi) is 2.22. The van der Waals surface area contributed by atoms with Gasteiger partial charge in [0, 0.05) is 0 Å². The number of carboxylic acid groups (broad SMARTS) is 2. The molecule has 0 aromatic rings. The first kappa shape index (κ1) is 10.5. The summed E-state index contributed by atoms with van der Waals surface area (Å²) in [7, 11) is 0. The van der Waals surface area contributed by atoms with Crippen molar-refractivity contribution in [1.82, 2.24) is 5.32 Å². The molecule has 14 heavy (non-hydrogen) atoms. The molecule has 0 spiro atoms. The quantitative estimate of drug-likeness (QED) is 0.377. The van der Waals surface area contributed by atoms with Crippen LogP contribution in [-0.2, 0) is 14.4 Å². The van der Waals surface area contributed by atoms with Gasteiger partial charge in [0.2, 0.25) is 5.91 Å². The zero-order valence-electron chi connectivity index (χ0n) is 7.70. The molecule has 1 amide bonds. The summed E-state index contributed by atoms with van der Waals surface area (Å²) in [5.74, 6) is -5.81. The number of carbonyl (C=O) groups is 3. The molecule has 6 nitrogen and oxygen atoms in total. The van der Waals surface area contributed by atoms with Gasteiger partial charge in [-0.1, -0.05) is 13.8 Å². The molecule has 1 unspecified atom stereocenters. The maximum Gasteiger partial charge on any atom is 0.227 e. The number of aliphatic carboxylic acids is 2. The van der Waals surface area contributed by atoms with E-state index in [0.717, 1.165) is 0 Å². The van der Waals surface area contributed by atoms with E-state index in [-0.39, 0.29) is 0 Å². The Morgan fingerprint density at radius 3 is 1.93 bits per heavy atom. The van der Waals surface area contributed by atoms with E-state index in [0.29, 0.717) is 0 Å². The summed E-state index contributed by atoms with van der Waals surface area (Å²) in [6.07, 6.45) is 0. The molecule has 1 aliphatic heterocycles. The molecule has 1 atom stereocenters. The Hall–Kier alpha value is -1.59. The molecule has 0 saturated carbocycles. The van der Waals surface area contributed by atoms with Crippen molar-refractivity contribution < 1.29 is 24.6 Å². The van der Waals surface area contributed by atoms with Crippen molar-refractivity contribution in [3.8, 4) is 0 Å². The number of rotatable bonds is 3. The molecule has 1 fully saturated rings. The fraction of sp³-hybridized carbons (Fsp3) is 0.625. The normalized spacial score (nSPS) is 23.9. The van der Waals surface area contributed by atoms with Gasteiger partial charge in [0.25, 0.3) is 0 Å².